The fourth-order valence-corrected chi connectivity index (χ4v) is 2.05. The number of aliphatic hydroxyl groups excluding tert-OH is 1. The van der Waals surface area contributed by atoms with Gasteiger partial charge in [0.05, 0.1) is 36.2 Å². The molecule has 2 rings (SSSR count). The second-order valence-electron chi connectivity index (χ2n) is 4.70. The average Bonchev–Trinajstić information content (AvgIpc) is 3.24. The Kier molecular flexibility index (Phi) is 4.16. The van der Waals surface area contributed by atoms with Gasteiger partial charge in [0.2, 0.25) is 0 Å². The molecule has 0 bridgehead atoms. The SMILES string of the molecule is CC[C@H](O)c1ccc(N(CCC#N)C2CC2)cn1. The lowest BCUT2D eigenvalue weighted by Gasteiger charge is -2.23. The summed E-state index contributed by atoms with van der Waals surface area (Å²) in [5, 5.41) is 18.4. The van der Waals surface area contributed by atoms with Crippen LogP contribution in [0.5, 0.6) is 0 Å². The average molecular weight is 245 g/mol. The van der Waals surface area contributed by atoms with Gasteiger partial charge in [0.1, 0.15) is 0 Å². The van der Waals surface area contributed by atoms with Crippen molar-refractivity contribution in [3.8, 4) is 6.07 Å². The summed E-state index contributed by atoms with van der Waals surface area (Å²) in [6.07, 6.45) is 4.94. The molecule has 1 aromatic rings. The minimum absolute atomic E-state index is 0.479. The standard InChI is InChI=1S/C14H19N3O/c1-2-14(18)13-7-6-12(10-16-13)17(9-3-8-15)11-4-5-11/h6-7,10-11,14,18H,2-5,9H2,1H3/t14-/m0/s1. The first-order valence-electron chi connectivity index (χ1n) is 6.54. The van der Waals surface area contributed by atoms with Crippen molar-refractivity contribution < 1.29 is 5.11 Å². The Balaban J connectivity index is 2.08. The Morgan fingerprint density at radius 1 is 1.56 bits per heavy atom. The maximum Gasteiger partial charge on any atom is 0.0957 e. The van der Waals surface area contributed by atoms with E-state index >= 15 is 0 Å². The number of rotatable bonds is 6. The molecule has 1 N–H and O–H groups in total. The highest BCUT2D eigenvalue weighted by Gasteiger charge is 2.29. The lowest BCUT2D eigenvalue weighted by Crippen LogP contribution is -2.26. The number of aromatic nitrogens is 1. The van der Waals surface area contributed by atoms with E-state index in [9.17, 15) is 5.11 Å². The van der Waals surface area contributed by atoms with Gasteiger partial charge in [-0.25, -0.2) is 0 Å². The third kappa shape index (κ3) is 2.99. The quantitative estimate of drug-likeness (QED) is 0.836. The zero-order chi connectivity index (χ0) is 13.0. The Hall–Kier alpha value is -1.60. The van der Waals surface area contributed by atoms with Crippen molar-refractivity contribution in [1.29, 1.82) is 5.26 Å². The van der Waals surface area contributed by atoms with Crippen LogP contribution >= 0.6 is 0 Å². The summed E-state index contributed by atoms with van der Waals surface area (Å²) < 4.78 is 0. The summed E-state index contributed by atoms with van der Waals surface area (Å²) in [6.45, 7) is 2.70. The third-order valence-electron chi connectivity index (χ3n) is 3.28. The van der Waals surface area contributed by atoms with E-state index in [1.54, 1.807) is 0 Å². The molecule has 1 atom stereocenters. The summed E-state index contributed by atoms with van der Waals surface area (Å²) in [5.41, 5.74) is 1.78. The van der Waals surface area contributed by atoms with E-state index in [0.717, 1.165) is 17.9 Å². The molecule has 1 aliphatic carbocycles. The molecule has 4 heteroatoms. The molecule has 0 radical (unpaired) electrons. The molecule has 1 aromatic heterocycles. The number of nitriles is 1. The minimum atomic E-state index is -0.479. The second kappa shape index (κ2) is 5.83. The number of hydrogen-bond donors (Lipinski definition) is 1. The molecule has 4 nitrogen and oxygen atoms in total. The molecule has 0 amide bonds. The van der Waals surface area contributed by atoms with Crippen LogP contribution in [0, 0.1) is 11.3 Å². The van der Waals surface area contributed by atoms with Gasteiger partial charge in [0.25, 0.3) is 0 Å². The molecule has 96 valence electrons. The molecule has 0 spiro atoms. The lowest BCUT2D eigenvalue weighted by molar-refractivity contribution is 0.169. The highest BCUT2D eigenvalue weighted by Crippen LogP contribution is 2.31. The van der Waals surface area contributed by atoms with E-state index in [1.165, 1.54) is 12.8 Å². The molecule has 18 heavy (non-hydrogen) atoms. The monoisotopic (exact) mass is 245 g/mol. The molecular weight excluding hydrogens is 226 g/mol. The van der Waals surface area contributed by atoms with Gasteiger partial charge in [-0.3, -0.25) is 4.98 Å². The molecule has 1 aliphatic rings. The van der Waals surface area contributed by atoms with Crippen molar-refractivity contribution in [3.63, 3.8) is 0 Å². The number of aliphatic hydroxyl groups is 1. The molecule has 0 saturated heterocycles. The second-order valence-corrected chi connectivity index (χ2v) is 4.70. The third-order valence-corrected chi connectivity index (χ3v) is 3.28. The van der Waals surface area contributed by atoms with Crippen LogP contribution in [0.25, 0.3) is 0 Å². The zero-order valence-electron chi connectivity index (χ0n) is 10.7. The smallest absolute Gasteiger partial charge is 0.0957 e. The van der Waals surface area contributed by atoms with Crippen molar-refractivity contribution in [2.45, 2.75) is 44.8 Å². The highest BCUT2D eigenvalue weighted by molar-refractivity contribution is 5.47. The van der Waals surface area contributed by atoms with E-state index in [0.29, 0.717) is 18.9 Å². The predicted molar refractivity (Wildman–Crippen MR) is 70.1 cm³/mol. The van der Waals surface area contributed by atoms with Gasteiger partial charge >= 0.3 is 0 Å². The fourth-order valence-electron chi connectivity index (χ4n) is 2.05. The van der Waals surface area contributed by atoms with Gasteiger partial charge in [-0.15, -0.1) is 0 Å². The summed E-state index contributed by atoms with van der Waals surface area (Å²) >= 11 is 0. The molecule has 1 fully saturated rings. The number of pyridine rings is 1. The van der Waals surface area contributed by atoms with Crippen LogP contribution in [0.1, 0.15) is 44.4 Å². The summed E-state index contributed by atoms with van der Waals surface area (Å²) in [5.74, 6) is 0. The summed E-state index contributed by atoms with van der Waals surface area (Å²) in [6, 6.07) is 6.64. The van der Waals surface area contributed by atoms with Crippen LogP contribution in [0.4, 0.5) is 5.69 Å². The first-order chi connectivity index (χ1) is 8.76. The molecule has 0 aromatic carbocycles. The first-order valence-corrected chi connectivity index (χ1v) is 6.54. The molecule has 0 unspecified atom stereocenters. The van der Waals surface area contributed by atoms with E-state index < -0.39 is 6.10 Å². The van der Waals surface area contributed by atoms with Crippen molar-refractivity contribution in [2.24, 2.45) is 0 Å². The van der Waals surface area contributed by atoms with Crippen molar-refractivity contribution in [3.05, 3.63) is 24.0 Å². The number of nitrogens with zero attached hydrogens (tertiary/aromatic N) is 3. The highest BCUT2D eigenvalue weighted by atomic mass is 16.3. The van der Waals surface area contributed by atoms with E-state index in [2.05, 4.69) is 16.0 Å². The van der Waals surface area contributed by atoms with E-state index in [1.807, 2.05) is 25.3 Å². The Labute approximate surface area is 108 Å². The maximum atomic E-state index is 9.70. The molecular formula is C14H19N3O. The van der Waals surface area contributed by atoms with Crippen LogP contribution in [0.15, 0.2) is 18.3 Å². The fraction of sp³-hybridized carbons (Fsp3) is 0.571. The van der Waals surface area contributed by atoms with Crippen LogP contribution in [-0.4, -0.2) is 22.7 Å². The first kappa shape index (κ1) is 12.8. The predicted octanol–water partition coefficient (Wildman–Crippen LogP) is 2.41. The zero-order valence-corrected chi connectivity index (χ0v) is 10.7. The van der Waals surface area contributed by atoms with Crippen molar-refractivity contribution in [1.82, 2.24) is 4.98 Å². The van der Waals surface area contributed by atoms with E-state index in [4.69, 9.17) is 5.26 Å². The van der Waals surface area contributed by atoms with Gasteiger partial charge in [-0.2, -0.15) is 5.26 Å². The van der Waals surface area contributed by atoms with Crippen LogP contribution < -0.4 is 4.90 Å². The molecule has 1 heterocycles. The minimum Gasteiger partial charge on any atom is -0.387 e. The van der Waals surface area contributed by atoms with Gasteiger partial charge in [-0.05, 0) is 31.4 Å². The molecule has 1 saturated carbocycles. The lowest BCUT2D eigenvalue weighted by atomic mass is 10.2. The van der Waals surface area contributed by atoms with Crippen LogP contribution in [0.2, 0.25) is 0 Å². The molecule has 0 aliphatic heterocycles. The topological polar surface area (TPSA) is 60.1 Å². The number of anilines is 1. The summed E-state index contributed by atoms with van der Waals surface area (Å²) in [7, 11) is 0. The largest absolute Gasteiger partial charge is 0.387 e. The summed E-state index contributed by atoms with van der Waals surface area (Å²) in [4.78, 5) is 6.56. The maximum absolute atomic E-state index is 9.70. The Morgan fingerprint density at radius 2 is 2.33 bits per heavy atom. The van der Waals surface area contributed by atoms with Crippen molar-refractivity contribution >= 4 is 5.69 Å². The Bertz CT molecular complexity index is 420. The van der Waals surface area contributed by atoms with Gasteiger partial charge < -0.3 is 10.0 Å². The van der Waals surface area contributed by atoms with Gasteiger partial charge in [-0.1, -0.05) is 6.92 Å². The Morgan fingerprint density at radius 3 is 2.83 bits per heavy atom. The normalized spacial score (nSPS) is 16.1. The van der Waals surface area contributed by atoms with Crippen LogP contribution in [-0.2, 0) is 0 Å². The van der Waals surface area contributed by atoms with Gasteiger partial charge in [0.15, 0.2) is 0 Å². The van der Waals surface area contributed by atoms with Crippen molar-refractivity contribution in [2.75, 3.05) is 11.4 Å². The van der Waals surface area contributed by atoms with Gasteiger partial charge in [0, 0.05) is 12.6 Å². The van der Waals surface area contributed by atoms with Crippen LogP contribution in [0.3, 0.4) is 0 Å². The van der Waals surface area contributed by atoms with E-state index in [-0.39, 0.29) is 0 Å². The number of hydrogen-bond acceptors (Lipinski definition) is 4.